The van der Waals surface area contributed by atoms with Crippen LogP contribution in [0.15, 0.2) is 23.8 Å². The Labute approximate surface area is 145 Å². The van der Waals surface area contributed by atoms with Gasteiger partial charge in [-0.15, -0.1) is 0 Å². The molecule has 2 saturated carbocycles. The summed E-state index contributed by atoms with van der Waals surface area (Å²) >= 11 is 0. The highest BCUT2D eigenvalue weighted by Gasteiger charge is 2.52. The van der Waals surface area contributed by atoms with E-state index in [1.807, 2.05) is 13.0 Å². The van der Waals surface area contributed by atoms with Gasteiger partial charge in [-0.05, 0) is 98.8 Å². The number of phenolic OH excluding ortho intramolecular Hbond substituents is 1. The summed E-state index contributed by atoms with van der Waals surface area (Å²) in [5.41, 5.74) is 4.96. The minimum absolute atomic E-state index is 0.312. The fraction of sp³-hybridized carbons (Fsp3) is 0.636. The molecule has 0 radical (unpaired) electrons. The number of hydrogen-bond donors (Lipinski definition) is 1. The lowest BCUT2D eigenvalue weighted by molar-refractivity contribution is 0.0811. The standard InChI is InChI=1S/C22H30O2/c1-4-15-7-9-19-17-8-6-14-12-20(23)21(24-5-2)13-18(14)16(17)10-11-22(15,19)3/h4,12-13,16-17,19,23H,5-11H2,1-3H3/t16-,17+,19-,22+/m0/s1. The molecule has 2 heteroatoms. The van der Waals surface area contributed by atoms with Crippen LogP contribution in [-0.4, -0.2) is 11.7 Å². The van der Waals surface area contributed by atoms with Crippen LogP contribution in [0.5, 0.6) is 11.5 Å². The molecule has 0 saturated heterocycles. The summed E-state index contributed by atoms with van der Waals surface area (Å²) in [6, 6.07) is 4.12. The summed E-state index contributed by atoms with van der Waals surface area (Å²) in [6.07, 6.45) is 10.0. The monoisotopic (exact) mass is 326 g/mol. The minimum atomic E-state index is 0.312. The van der Waals surface area contributed by atoms with Crippen molar-refractivity contribution < 1.29 is 9.84 Å². The smallest absolute Gasteiger partial charge is 0.161 e. The molecule has 0 bridgehead atoms. The highest BCUT2D eigenvalue weighted by molar-refractivity contribution is 5.49. The van der Waals surface area contributed by atoms with Gasteiger partial charge in [0.05, 0.1) is 6.61 Å². The normalized spacial score (nSPS) is 36.1. The zero-order valence-corrected chi connectivity index (χ0v) is 15.3. The fourth-order valence-electron chi connectivity index (χ4n) is 6.18. The molecule has 3 aliphatic rings. The average Bonchev–Trinajstić information content (AvgIpc) is 2.92. The van der Waals surface area contributed by atoms with Crippen molar-refractivity contribution in [3.63, 3.8) is 0 Å². The van der Waals surface area contributed by atoms with Gasteiger partial charge in [0.1, 0.15) is 0 Å². The maximum Gasteiger partial charge on any atom is 0.161 e. The van der Waals surface area contributed by atoms with E-state index in [0.29, 0.717) is 29.4 Å². The van der Waals surface area contributed by atoms with Gasteiger partial charge in [-0.1, -0.05) is 18.6 Å². The molecular weight excluding hydrogens is 296 g/mol. The molecule has 0 heterocycles. The van der Waals surface area contributed by atoms with Crippen molar-refractivity contribution in [3.05, 3.63) is 34.9 Å². The third-order valence-corrected chi connectivity index (χ3v) is 7.30. The number of allylic oxidation sites excluding steroid dienone is 2. The highest BCUT2D eigenvalue weighted by Crippen LogP contribution is 2.63. The average molecular weight is 326 g/mol. The van der Waals surface area contributed by atoms with E-state index < -0.39 is 0 Å². The topological polar surface area (TPSA) is 29.5 Å². The molecule has 1 N–H and O–H groups in total. The second-order valence-corrected chi connectivity index (χ2v) is 8.18. The summed E-state index contributed by atoms with van der Waals surface area (Å²) in [5.74, 6) is 3.27. The van der Waals surface area contributed by atoms with E-state index in [2.05, 4.69) is 26.0 Å². The quantitative estimate of drug-likeness (QED) is 0.717. The molecular formula is C22H30O2. The SMILES string of the molecule is CC=C1CC[C@H]2[C@@H]3CCc4cc(O)c(OCC)cc4[C@H]3CC[C@]12C. The Hall–Kier alpha value is -1.44. The number of phenols is 1. The Balaban J connectivity index is 1.70. The molecule has 24 heavy (non-hydrogen) atoms. The number of ether oxygens (including phenoxy) is 1. The van der Waals surface area contributed by atoms with E-state index in [1.165, 1.54) is 43.2 Å². The predicted octanol–water partition coefficient (Wildman–Crippen LogP) is 5.59. The van der Waals surface area contributed by atoms with Gasteiger partial charge in [0.15, 0.2) is 11.5 Å². The highest BCUT2D eigenvalue weighted by atomic mass is 16.5. The molecule has 0 aromatic heterocycles. The lowest BCUT2D eigenvalue weighted by Crippen LogP contribution is -2.40. The lowest BCUT2D eigenvalue weighted by atomic mass is 9.55. The number of benzene rings is 1. The second-order valence-electron chi connectivity index (χ2n) is 8.18. The summed E-state index contributed by atoms with van der Waals surface area (Å²) in [4.78, 5) is 0. The van der Waals surface area contributed by atoms with Crippen molar-refractivity contribution >= 4 is 0 Å². The second kappa shape index (κ2) is 5.82. The van der Waals surface area contributed by atoms with Crippen LogP contribution < -0.4 is 4.74 Å². The molecule has 130 valence electrons. The van der Waals surface area contributed by atoms with Gasteiger partial charge in [0.2, 0.25) is 0 Å². The van der Waals surface area contributed by atoms with Gasteiger partial charge in [-0.3, -0.25) is 0 Å². The van der Waals surface area contributed by atoms with Gasteiger partial charge in [-0.2, -0.15) is 0 Å². The van der Waals surface area contributed by atoms with E-state index in [1.54, 1.807) is 5.57 Å². The van der Waals surface area contributed by atoms with Crippen LogP contribution in [0.25, 0.3) is 0 Å². The van der Waals surface area contributed by atoms with Crippen LogP contribution in [0.4, 0.5) is 0 Å². The third kappa shape index (κ3) is 2.22. The van der Waals surface area contributed by atoms with E-state index in [-0.39, 0.29) is 0 Å². The van der Waals surface area contributed by atoms with Crippen LogP contribution in [-0.2, 0) is 6.42 Å². The van der Waals surface area contributed by atoms with Crippen molar-refractivity contribution in [2.24, 2.45) is 17.3 Å². The Bertz CT molecular complexity index is 675. The molecule has 4 atom stereocenters. The summed E-state index contributed by atoms with van der Waals surface area (Å²) in [6.45, 7) is 7.33. The van der Waals surface area contributed by atoms with Crippen molar-refractivity contribution in [2.45, 2.75) is 65.2 Å². The molecule has 4 rings (SSSR count). The first-order valence-electron chi connectivity index (χ1n) is 9.72. The molecule has 1 aromatic rings. The zero-order valence-electron chi connectivity index (χ0n) is 15.3. The molecule has 0 spiro atoms. The Morgan fingerprint density at radius 3 is 2.83 bits per heavy atom. The summed E-state index contributed by atoms with van der Waals surface area (Å²) < 4.78 is 5.66. The van der Waals surface area contributed by atoms with E-state index in [4.69, 9.17) is 4.74 Å². The molecule has 0 unspecified atom stereocenters. The van der Waals surface area contributed by atoms with Gasteiger partial charge in [-0.25, -0.2) is 0 Å². The van der Waals surface area contributed by atoms with Gasteiger partial charge in [0, 0.05) is 0 Å². The van der Waals surface area contributed by atoms with Crippen molar-refractivity contribution in [1.82, 2.24) is 0 Å². The molecule has 3 aliphatic carbocycles. The summed E-state index contributed by atoms with van der Waals surface area (Å²) in [5, 5.41) is 10.2. The molecule has 2 nitrogen and oxygen atoms in total. The zero-order chi connectivity index (χ0) is 16.9. The maximum absolute atomic E-state index is 10.2. The van der Waals surface area contributed by atoms with Crippen molar-refractivity contribution in [2.75, 3.05) is 6.61 Å². The van der Waals surface area contributed by atoms with Crippen LogP contribution in [0, 0.1) is 17.3 Å². The first-order valence-corrected chi connectivity index (χ1v) is 9.72. The predicted molar refractivity (Wildman–Crippen MR) is 97.6 cm³/mol. The Morgan fingerprint density at radius 1 is 1.25 bits per heavy atom. The van der Waals surface area contributed by atoms with Crippen LogP contribution >= 0.6 is 0 Å². The van der Waals surface area contributed by atoms with Crippen LogP contribution in [0.2, 0.25) is 0 Å². The molecule has 0 aliphatic heterocycles. The third-order valence-electron chi connectivity index (χ3n) is 7.30. The number of fused-ring (bicyclic) bond motifs is 5. The number of hydrogen-bond acceptors (Lipinski definition) is 2. The van der Waals surface area contributed by atoms with Gasteiger partial charge < -0.3 is 9.84 Å². The van der Waals surface area contributed by atoms with Crippen LogP contribution in [0.3, 0.4) is 0 Å². The van der Waals surface area contributed by atoms with Crippen LogP contribution in [0.1, 0.15) is 69.9 Å². The van der Waals surface area contributed by atoms with Gasteiger partial charge in [0.25, 0.3) is 0 Å². The van der Waals surface area contributed by atoms with E-state index >= 15 is 0 Å². The number of rotatable bonds is 2. The Kier molecular flexibility index (Phi) is 3.89. The molecule has 2 fully saturated rings. The maximum atomic E-state index is 10.2. The number of aromatic hydroxyl groups is 1. The largest absolute Gasteiger partial charge is 0.504 e. The van der Waals surface area contributed by atoms with Crippen molar-refractivity contribution in [3.8, 4) is 11.5 Å². The first-order chi connectivity index (χ1) is 11.6. The Morgan fingerprint density at radius 2 is 2.08 bits per heavy atom. The first kappa shape index (κ1) is 16.1. The number of aryl methyl sites for hydroxylation is 1. The van der Waals surface area contributed by atoms with Crippen molar-refractivity contribution in [1.29, 1.82) is 0 Å². The summed E-state index contributed by atoms with van der Waals surface area (Å²) in [7, 11) is 0. The molecule has 0 amide bonds. The minimum Gasteiger partial charge on any atom is -0.504 e. The van der Waals surface area contributed by atoms with E-state index in [0.717, 1.165) is 18.3 Å². The lowest BCUT2D eigenvalue weighted by Gasteiger charge is -2.49. The fourth-order valence-corrected chi connectivity index (χ4v) is 6.18. The molecule has 1 aromatic carbocycles. The van der Waals surface area contributed by atoms with Gasteiger partial charge >= 0.3 is 0 Å². The van der Waals surface area contributed by atoms with E-state index in [9.17, 15) is 5.11 Å².